The number of halogens is 3. The van der Waals surface area contributed by atoms with E-state index in [-0.39, 0.29) is 36.4 Å². The number of nitrogens with zero attached hydrogens (tertiary/aromatic N) is 4. The Labute approximate surface area is 198 Å². The first-order valence-electron chi connectivity index (χ1n) is 12.2. The van der Waals surface area contributed by atoms with E-state index in [1.807, 2.05) is 16.7 Å². The minimum absolute atomic E-state index is 0.0125. The van der Waals surface area contributed by atoms with Gasteiger partial charge in [-0.15, -0.1) is 0 Å². The number of likely N-dealkylation sites (tertiary alicyclic amines) is 1. The van der Waals surface area contributed by atoms with Crippen molar-refractivity contribution in [3.63, 3.8) is 0 Å². The number of piperidine rings is 1. The Kier molecular flexibility index (Phi) is 7.23. The molecule has 2 aliphatic carbocycles. The molecule has 0 bridgehead atoms. The van der Waals surface area contributed by atoms with Gasteiger partial charge in [0.05, 0.1) is 12.6 Å². The van der Waals surface area contributed by atoms with Crippen molar-refractivity contribution in [1.29, 1.82) is 0 Å². The molecule has 1 spiro atoms. The predicted molar refractivity (Wildman–Crippen MR) is 122 cm³/mol. The number of alkyl halides is 2. The van der Waals surface area contributed by atoms with Crippen LogP contribution in [0.25, 0.3) is 0 Å². The van der Waals surface area contributed by atoms with Crippen LogP contribution < -0.4 is 16.0 Å². The van der Waals surface area contributed by atoms with Gasteiger partial charge < -0.3 is 21.1 Å². The first kappa shape index (κ1) is 25.0. The van der Waals surface area contributed by atoms with Crippen LogP contribution in [0.5, 0.6) is 0 Å². The molecule has 1 amide bonds. The zero-order chi connectivity index (χ0) is 24.5. The SMILES string of the molecule is CCN(CC1CCC2(CC1)CC2(F)F)c1ncnc(NCC2CCN(CC(N)=O)CC2O)c1F. The van der Waals surface area contributed by atoms with Crippen molar-refractivity contribution in [3.05, 3.63) is 12.1 Å². The summed E-state index contributed by atoms with van der Waals surface area (Å²) >= 11 is 0. The molecule has 4 N–H and O–H groups in total. The number of carbonyl (C=O) groups is 1. The third kappa shape index (κ3) is 5.25. The fraction of sp³-hybridized carbons (Fsp3) is 0.783. The minimum Gasteiger partial charge on any atom is -0.391 e. The molecule has 4 rings (SSSR count). The molecule has 2 saturated carbocycles. The van der Waals surface area contributed by atoms with E-state index in [0.29, 0.717) is 52.0 Å². The van der Waals surface area contributed by atoms with Gasteiger partial charge in [0.25, 0.3) is 5.92 Å². The summed E-state index contributed by atoms with van der Waals surface area (Å²) in [5.41, 5.74) is 4.45. The highest BCUT2D eigenvalue weighted by atomic mass is 19.3. The Morgan fingerprint density at radius 1 is 1.32 bits per heavy atom. The number of primary amides is 1. The number of β-amino-alcohol motifs (C(OH)–C–C–N with tert-alkyl or cyclic N) is 1. The number of aliphatic hydroxyl groups excluding tert-OH is 1. The van der Waals surface area contributed by atoms with E-state index in [2.05, 4.69) is 15.3 Å². The van der Waals surface area contributed by atoms with Crippen LogP contribution >= 0.6 is 0 Å². The quantitative estimate of drug-likeness (QED) is 0.493. The van der Waals surface area contributed by atoms with Gasteiger partial charge in [0.2, 0.25) is 11.7 Å². The van der Waals surface area contributed by atoms with Crippen LogP contribution in [0, 0.1) is 23.1 Å². The summed E-state index contributed by atoms with van der Waals surface area (Å²) in [5, 5.41) is 13.4. The smallest absolute Gasteiger partial charge is 0.254 e. The molecule has 0 aromatic carbocycles. The van der Waals surface area contributed by atoms with Gasteiger partial charge in [-0.2, -0.15) is 4.39 Å². The number of nitrogens with two attached hydrogens (primary N) is 1. The van der Waals surface area contributed by atoms with E-state index in [9.17, 15) is 18.7 Å². The summed E-state index contributed by atoms with van der Waals surface area (Å²) in [7, 11) is 0. The second-order valence-corrected chi connectivity index (χ2v) is 10.2. The Hall–Kier alpha value is -2.14. The summed E-state index contributed by atoms with van der Waals surface area (Å²) in [5.74, 6) is -3.09. The normalized spacial score (nSPS) is 30.8. The molecule has 2 heterocycles. The Morgan fingerprint density at radius 3 is 2.62 bits per heavy atom. The molecule has 0 radical (unpaired) electrons. The van der Waals surface area contributed by atoms with E-state index < -0.39 is 29.2 Å². The first-order chi connectivity index (χ1) is 16.1. The van der Waals surface area contributed by atoms with Crippen LogP contribution in [0.1, 0.15) is 45.4 Å². The lowest BCUT2D eigenvalue weighted by Crippen LogP contribution is -2.48. The number of anilines is 2. The summed E-state index contributed by atoms with van der Waals surface area (Å²) in [6.07, 6.45) is 3.81. The second-order valence-electron chi connectivity index (χ2n) is 10.2. The lowest BCUT2D eigenvalue weighted by Gasteiger charge is -2.35. The van der Waals surface area contributed by atoms with Crippen LogP contribution in [0.2, 0.25) is 0 Å². The molecule has 3 aliphatic rings. The molecule has 2 unspecified atom stereocenters. The van der Waals surface area contributed by atoms with E-state index in [1.54, 1.807) is 0 Å². The molecule has 1 aliphatic heterocycles. The number of aromatic nitrogens is 2. The standard InChI is InChI=1S/C23H35F3N6O2/c1-2-32(10-15-3-6-22(7-4-15)13-23(22,25)26)21-19(24)20(29-14-30-21)28-9-16-5-8-31(11-17(16)33)12-18(27)34/h14-17,33H,2-13H2,1H3,(H2,27,34)(H,28,29,30). The van der Waals surface area contributed by atoms with Crippen molar-refractivity contribution in [2.45, 2.75) is 57.5 Å². The molecular weight excluding hydrogens is 449 g/mol. The van der Waals surface area contributed by atoms with Crippen molar-refractivity contribution in [2.24, 2.45) is 23.0 Å². The molecule has 8 nitrogen and oxygen atoms in total. The van der Waals surface area contributed by atoms with Crippen LogP contribution in [-0.2, 0) is 4.79 Å². The third-order valence-corrected chi connectivity index (χ3v) is 7.92. The van der Waals surface area contributed by atoms with E-state index in [0.717, 1.165) is 12.8 Å². The molecule has 1 aromatic rings. The number of rotatable bonds is 9. The topological polar surface area (TPSA) is 108 Å². The highest BCUT2D eigenvalue weighted by molar-refractivity contribution is 5.75. The van der Waals surface area contributed by atoms with Crippen LogP contribution in [0.3, 0.4) is 0 Å². The van der Waals surface area contributed by atoms with Gasteiger partial charge in [0.15, 0.2) is 11.6 Å². The van der Waals surface area contributed by atoms with Gasteiger partial charge in [0, 0.05) is 43.9 Å². The molecule has 2 atom stereocenters. The zero-order valence-corrected chi connectivity index (χ0v) is 19.7. The Morgan fingerprint density at radius 2 is 2.03 bits per heavy atom. The molecule has 1 aromatic heterocycles. The molecule has 34 heavy (non-hydrogen) atoms. The Balaban J connectivity index is 1.32. The summed E-state index contributed by atoms with van der Waals surface area (Å²) < 4.78 is 42.6. The number of amides is 1. The van der Waals surface area contributed by atoms with E-state index >= 15 is 4.39 Å². The van der Waals surface area contributed by atoms with Gasteiger partial charge in [-0.25, -0.2) is 18.7 Å². The maximum absolute atomic E-state index is 15.3. The highest BCUT2D eigenvalue weighted by Crippen LogP contribution is 2.67. The molecule has 1 saturated heterocycles. The van der Waals surface area contributed by atoms with Crippen LogP contribution in [0.15, 0.2) is 6.33 Å². The fourth-order valence-corrected chi connectivity index (χ4v) is 5.59. The average Bonchev–Trinajstić information content (AvgIpc) is 3.32. The lowest BCUT2D eigenvalue weighted by atomic mass is 9.79. The van der Waals surface area contributed by atoms with E-state index in [1.165, 1.54) is 6.33 Å². The second kappa shape index (κ2) is 9.85. The number of aliphatic hydroxyl groups is 1. The lowest BCUT2D eigenvalue weighted by molar-refractivity contribution is -0.120. The molecular formula is C23H35F3N6O2. The number of carbonyl (C=O) groups excluding carboxylic acids is 1. The fourth-order valence-electron chi connectivity index (χ4n) is 5.59. The van der Waals surface area contributed by atoms with Crippen LogP contribution in [0.4, 0.5) is 24.8 Å². The summed E-state index contributed by atoms with van der Waals surface area (Å²) in [6.45, 7) is 4.45. The Bertz CT molecular complexity index is 880. The van der Waals surface area contributed by atoms with Crippen molar-refractivity contribution < 1.29 is 23.1 Å². The number of hydrogen-bond acceptors (Lipinski definition) is 7. The average molecular weight is 485 g/mol. The predicted octanol–water partition coefficient (Wildman–Crippen LogP) is 2.24. The largest absolute Gasteiger partial charge is 0.391 e. The van der Waals surface area contributed by atoms with Gasteiger partial charge >= 0.3 is 0 Å². The highest BCUT2D eigenvalue weighted by Gasteiger charge is 2.70. The first-order valence-corrected chi connectivity index (χ1v) is 12.2. The van der Waals surface area contributed by atoms with Gasteiger partial charge in [0.1, 0.15) is 6.33 Å². The summed E-state index contributed by atoms with van der Waals surface area (Å²) in [6, 6.07) is 0. The maximum atomic E-state index is 15.3. The number of nitrogens with one attached hydrogen (secondary N) is 1. The molecule has 11 heteroatoms. The van der Waals surface area contributed by atoms with E-state index in [4.69, 9.17) is 5.73 Å². The van der Waals surface area contributed by atoms with Gasteiger partial charge in [-0.3, -0.25) is 9.69 Å². The zero-order valence-electron chi connectivity index (χ0n) is 19.7. The molecule has 190 valence electrons. The molecule has 3 fully saturated rings. The third-order valence-electron chi connectivity index (χ3n) is 7.92. The van der Waals surface area contributed by atoms with Crippen molar-refractivity contribution in [2.75, 3.05) is 49.5 Å². The number of hydrogen-bond donors (Lipinski definition) is 3. The minimum atomic E-state index is -2.51. The monoisotopic (exact) mass is 484 g/mol. The van der Waals surface area contributed by atoms with Crippen molar-refractivity contribution >= 4 is 17.5 Å². The van der Waals surface area contributed by atoms with Gasteiger partial charge in [-0.1, -0.05) is 0 Å². The van der Waals surface area contributed by atoms with Crippen LogP contribution in [-0.4, -0.2) is 77.2 Å². The van der Waals surface area contributed by atoms with Gasteiger partial charge in [-0.05, 0) is 51.5 Å². The van der Waals surface area contributed by atoms with Crippen molar-refractivity contribution in [1.82, 2.24) is 14.9 Å². The summed E-state index contributed by atoms with van der Waals surface area (Å²) in [4.78, 5) is 23.0. The maximum Gasteiger partial charge on any atom is 0.254 e. The van der Waals surface area contributed by atoms with Crippen molar-refractivity contribution in [3.8, 4) is 0 Å².